The van der Waals surface area contributed by atoms with Gasteiger partial charge in [0.25, 0.3) is 0 Å². The van der Waals surface area contributed by atoms with Gasteiger partial charge in [0.05, 0.1) is 25.1 Å². The van der Waals surface area contributed by atoms with Crippen LogP contribution in [0.2, 0.25) is 0 Å². The third-order valence-corrected chi connectivity index (χ3v) is 2.82. The van der Waals surface area contributed by atoms with Crippen LogP contribution in [-0.2, 0) is 20.9 Å². The van der Waals surface area contributed by atoms with Crippen LogP contribution < -0.4 is 5.76 Å². The number of hydrogen-bond acceptors (Lipinski definition) is 5. The van der Waals surface area contributed by atoms with Gasteiger partial charge in [-0.15, -0.1) is 0 Å². The first-order valence-electron chi connectivity index (χ1n) is 6.37. The number of carbonyl (C=O) groups excluding carboxylic acids is 2. The molecule has 0 spiro atoms. The average molecular weight is 277 g/mol. The van der Waals surface area contributed by atoms with Gasteiger partial charge in [0, 0.05) is 6.42 Å². The van der Waals surface area contributed by atoms with Gasteiger partial charge in [-0.3, -0.25) is 14.2 Å². The molecular formula is C14H15NO5. The number of carbonyl (C=O) groups is 2. The molecule has 0 amide bonds. The fraction of sp³-hybridized carbons (Fsp3) is 0.357. The van der Waals surface area contributed by atoms with Gasteiger partial charge in [-0.1, -0.05) is 12.1 Å². The number of aromatic nitrogens is 1. The van der Waals surface area contributed by atoms with Crippen molar-refractivity contribution >= 4 is 22.9 Å². The maximum atomic E-state index is 11.8. The number of nitrogens with zero attached hydrogens (tertiary/aromatic N) is 1. The van der Waals surface area contributed by atoms with E-state index in [-0.39, 0.29) is 25.2 Å². The number of fused-ring (bicyclic) bond motifs is 1. The van der Waals surface area contributed by atoms with E-state index < -0.39 is 11.7 Å². The minimum absolute atomic E-state index is 0.0250. The van der Waals surface area contributed by atoms with Gasteiger partial charge in [0.1, 0.15) is 0 Å². The lowest BCUT2D eigenvalue weighted by Crippen LogP contribution is -2.20. The molecule has 0 saturated heterocycles. The second kappa shape index (κ2) is 6.18. The number of benzene rings is 1. The molecule has 0 aliphatic carbocycles. The van der Waals surface area contributed by atoms with Crippen LogP contribution in [0.15, 0.2) is 33.5 Å². The lowest BCUT2D eigenvalue weighted by Gasteiger charge is -2.02. The summed E-state index contributed by atoms with van der Waals surface area (Å²) >= 11 is 0. The Kier molecular flexibility index (Phi) is 4.34. The fourth-order valence-corrected chi connectivity index (χ4v) is 1.89. The van der Waals surface area contributed by atoms with E-state index in [1.807, 2.05) is 0 Å². The monoisotopic (exact) mass is 277 g/mol. The summed E-state index contributed by atoms with van der Waals surface area (Å²) < 4.78 is 11.0. The Morgan fingerprint density at radius 3 is 2.75 bits per heavy atom. The zero-order chi connectivity index (χ0) is 14.5. The summed E-state index contributed by atoms with van der Waals surface area (Å²) in [6.07, 6.45) is 0.0714. The smallest absolute Gasteiger partial charge is 0.420 e. The van der Waals surface area contributed by atoms with Crippen molar-refractivity contribution < 1.29 is 18.7 Å². The lowest BCUT2D eigenvalue weighted by molar-refractivity contribution is -0.144. The fourth-order valence-electron chi connectivity index (χ4n) is 1.89. The maximum absolute atomic E-state index is 11.8. The third-order valence-electron chi connectivity index (χ3n) is 2.82. The van der Waals surface area contributed by atoms with E-state index in [4.69, 9.17) is 9.15 Å². The summed E-state index contributed by atoms with van der Waals surface area (Å²) in [6, 6.07) is 6.88. The number of rotatable bonds is 6. The van der Waals surface area contributed by atoms with Crippen LogP contribution in [0, 0.1) is 0 Å². The topological polar surface area (TPSA) is 78.5 Å². The van der Waals surface area contributed by atoms with E-state index in [1.54, 1.807) is 31.2 Å². The normalized spacial score (nSPS) is 10.7. The Labute approximate surface area is 114 Å². The van der Waals surface area contributed by atoms with Crippen molar-refractivity contribution in [3.05, 3.63) is 34.8 Å². The summed E-state index contributed by atoms with van der Waals surface area (Å²) in [4.78, 5) is 34.6. The zero-order valence-corrected chi connectivity index (χ0v) is 11.1. The number of Topliss-reactive ketones (excluding diaryl/α,β-unsaturated/α-hetero) is 1. The minimum atomic E-state index is -0.573. The number of oxazole rings is 1. The van der Waals surface area contributed by atoms with Crippen molar-refractivity contribution in [3.63, 3.8) is 0 Å². The van der Waals surface area contributed by atoms with Gasteiger partial charge in [0.2, 0.25) is 0 Å². The zero-order valence-electron chi connectivity index (χ0n) is 11.1. The van der Waals surface area contributed by atoms with E-state index in [0.717, 1.165) is 0 Å². The molecule has 0 aliphatic rings. The molecular weight excluding hydrogens is 262 g/mol. The first kappa shape index (κ1) is 14.0. The first-order chi connectivity index (χ1) is 9.61. The first-order valence-corrected chi connectivity index (χ1v) is 6.37. The number of hydrogen-bond donors (Lipinski definition) is 0. The van der Waals surface area contributed by atoms with E-state index in [0.29, 0.717) is 17.7 Å². The Hall–Kier alpha value is -2.37. The van der Waals surface area contributed by atoms with Crippen LogP contribution >= 0.6 is 0 Å². The molecule has 0 N–H and O–H groups in total. The van der Waals surface area contributed by atoms with Gasteiger partial charge in [0.15, 0.2) is 11.4 Å². The summed E-state index contributed by atoms with van der Waals surface area (Å²) in [5.74, 6) is -1.20. The Bertz CT molecular complexity index is 682. The number of ether oxygens (including phenoxy) is 1. The molecule has 6 heteroatoms. The molecule has 1 aromatic carbocycles. The molecule has 1 aromatic heterocycles. The standard InChI is InChI=1S/C14H15NO5/c1-2-19-13(17)8-7-10(16)9-15-11-5-3-4-6-12(11)20-14(15)18/h3-6H,2,7-9H2,1H3. The van der Waals surface area contributed by atoms with Crippen molar-refractivity contribution in [3.8, 4) is 0 Å². The van der Waals surface area contributed by atoms with Gasteiger partial charge >= 0.3 is 11.7 Å². The molecule has 0 atom stereocenters. The van der Waals surface area contributed by atoms with Crippen molar-refractivity contribution in [2.24, 2.45) is 0 Å². The van der Waals surface area contributed by atoms with Crippen molar-refractivity contribution in [1.29, 1.82) is 0 Å². The Morgan fingerprint density at radius 1 is 1.25 bits per heavy atom. The predicted molar refractivity (Wildman–Crippen MR) is 71.3 cm³/mol. The molecule has 0 aliphatic heterocycles. The Balaban J connectivity index is 2.05. The number of para-hydroxylation sites is 2. The summed E-state index contributed by atoms with van der Waals surface area (Å²) in [6.45, 7) is 1.89. The molecule has 2 aromatic rings. The van der Waals surface area contributed by atoms with Crippen LogP contribution in [0.25, 0.3) is 11.1 Å². The van der Waals surface area contributed by atoms with Crippen LogP contribution in [0.5, 0.6) is 0 Å². The molecule has 0 unspecified atom stereocenters. The second-order valence-electron chi connectivity index (χ2n) is 4.27. The highest BCUT2D eigenvalue weighted by Gasteiger charge is 2.13. The predicted octanol–water partition coefficient (Wildman–Crippen LogP) is 1.51. The SMILES string of the molecule is CCOC(=O)CCC(=O)Cn1c(=O)oc2ccccc21. The third kappa shape index (κ3) is 3.14. The molecule has 2 rings (SSSR count). The van der Waals surface area contributed by atoms with Crippen LogP contribution in [0.1, 0.15) is 19.8 Å². The average Bonchev–Trinajstić information content (AvgIpc) is 2.73. The highest BCUT2D eigenvalue weighted by atomic mass is 16.5. The van der Waals surface area contributed by atoms with Gasteiger partial charge in [-0.05, 0) is 19.1 Å². The molecule has 0 fully saturated rings. The van der Waals surface area contributed by atoms with Crippen LogP contribution in [0.3, 0.4) is 0 Å². The van der Waals surface area contributed by atoms with Crippen molar-refractivity contribution in [2.45, 2.75) is 26.3 Å². The van der Waals surface area contributed by atoms with Crippen molar-refractivity contribution in [2.75, 3.05) is 6.61 Å². The molecule has 0 radical (unpaired) electrons. The highest BCUT2D eigenvalue weighted by Crippen LogP contribution is 2.12. The largest absolute Gasteiger partial charge is 0.466 e. The van der Waals surface area contributed by atoms with Gasteiger partial charge < -0.3 is 9.15 Å². The molecule has 0 saturated carbocycles. The van der Waals surface area contributed by atoms with Crippen molar-refractivity contribution in [1.82, 2.24) is 4.57 Å². The summed E-state index contributed by atoms with van der Waals surface area (Å²) in [5, 5.41) is 0. The minimum Gasteiger partial charge on any atom is -0.466 e. The van der Waals surface area contributed by atoms with E-state index in [1.165, 1.54) is 4.57 Å². The lowest BCUT2D eigenvalue weighted by atomic mass is 10.2. The number of esters is 1. The molecule has 106 valence electrons. The number of ketones is 1. The molecule has 20 heavy (non-hydrogen) atoms. The quantitative estimate of drug-likeness (QED) is 0.748. The van der Waals surface area contributed by atoms with Crippen LogP contribution in [-0.4, -0.2) is 22.9 Å². The molecule has 1 heterocycles. The highest BCUT2D eigenvalue weighted by molar-refractivity contribution is 5.84. The Morgan fingerprint density at radius 2 is 2.00 bits per heavy atom. The summed E-state index contributed by atoms with van der Waals surface area (Å²) in [5.41, 5.74) is 1.01. The van der Waals surface area contributed by atoms with E-state index in [9.17, 15) is 14.4 Å². The van der Waals surface area contributed by atoms with Crippen LogP contribution in [0.4, 0.5) is 0 Å². The molecule has 0 bridgehead atoms. The van der Waals surface area contributed by atoms with E-state index in [2.05, 4.69) is 0 Å². The van der Waals surface area contributed by atoms with Gasteiger partial charge in [-0.2, -0.15) is 0 Å². The van der Waals surface area contributed by atoms with E-state index >= 15 is 0 Å². The van der Waals surface area contributed by atoms with Gasteiger partial charge in [-0.25, -0.2) is 4.79 Å². The maximum Gasteiger partial charge on any atom is 0.420 e. The summed E-state index contributed by atoms with van der Waals surface area (Å²) in [7, 11) is 0. The second-order valence-corrected chi connectivity index (χ2v) is 4.27. The molecule has 6 nitrogen and oxygen atoms in total.